The summed E-state index contributed by atoms with van der Waals surface area (Å²) in [7, 11) is 0. The first-order valence-electron chi connectivity index (χ1n) is 15.1. The fraction of sp³-hybridized carbons (Fsp3) is 0.548. The maximum absolute atomic E-state index is 13.1. The molecule has 1 fully saturated rings. The van der Waals surface area contributed by atoms with Crippen molar-refractivity contribution in [3.63, 3.8) is 0 Å². The van der Waals surface area contributed by atoms with E-state index in [2.05, 4.69) is 26.3 Å². The Hall–Kier alpha value is -3.72. The molecule has 1 unspecified atom stereocenters. The van der Waals surface area contributed by atoms with E-state index in [1.807, 2.05) is 35.2 Å². The highest BCUT2D eigenvalue weighted by molar-refractivity contribution is 5.90. The summed E-state index contributed by atoms with van der Waals surface area (Å²) in [5.74, 6) is 3.03. The Morgan fingerprint density at radius 2 is 1.70 bits per heavy atom. The van der Waals surface area contributed by atoms with E-state index in [1.165, 1.54) is 10.9 Å². The minimum Gasteiger partial charge on any atom is -0.394 e. The zero-order chi connectivity index (χ0) is 32.7. The van der Waals surface area contributed by atoms with Crippen LogP contribution in [0.4, 0.5) is 5.82 Å². The summed E-state index contributed by atoms with van der Waals surface area (Å²) >= 11 is 0. The van der Waals surface area contributed by atoms with Crippen LogP contribution in [0.2, 0.25) is 0 Å². The number of anilines is 1. The van der Waals surface area contributed by atoms with Crippen LogP contribution in [-0.4, -0.2) is 132 Å². The number of rotatable bonds is 20. The molecule has 15 heteroatoms. The number of ether oxygens (including phenoxy) is 5. The Balaban J connectivity index is 1.32. The SMILES string of the molecule is C#CCOCCOCCOCCOCCNC(=O)CN(Cc1ccccc1)c1nc(C)nc2c1cnn2C1O[C@H](CO)[C@@H](O)[C@H]1O. The van der Waals surface area contributed by atoms with Crippen LogP contribution in [-0.2, 0) is 35.0 Å². The van der Waals surface area contributed by atoms with E-state index in [1.54, 1.807) is 6.92 Å². The summed E-state index contributed by atoms with van der Waals surface area (Å²) in [4.78, 5) is 24.1. The Labute approximate surface area is 267 Å². The Morgan fingerprint density at radius 3 is 2.35 bits per heavy atom. The third-order valence-corrected chi connectivity index (χ3v) is 7.02. The normalized spacial score (nSPS) is 19.4. The number of benzene rings is 1. The van der Waals surface area contributed by atoms with Crippen molar-refractivity contribution in [1.82, 2.24) is 25.1 Å². The molecule has 0 aliphatic carbocycles. The first kappa shape index (κ1) is 35.1. The molecular weight excluding hydrogens is 600 g/mol. The van der Waals surface area contributed by atoms with Gasteiger partial charge < -0.3 is 49.2 Å². The molecule has 1 aliphatic heterocycles. The van der Waals surface area contributed by atoms with E-state index in [0.717, 1.165) is 5.56 Å². The lowest BCUT2D eigenvalue weighted by Gasteiger charge is -2.24. The van der Waals surface area contributed by atoms with Gasteiger partial charge in [-0.1, -0.05) is 36.3 Å². The van der Waals surface area contributed by atoms with E-state index in [0.29, 0.717) is 82.0 Å². The molecule has 0 radical (unpaired) electrons. The molecule has 15 nitrogen and oxygen atoms in total. The van der Waals surface area contributed by atoms with Crippen LogP contribution in [0.1, 0.15) is 17.6 Å². The number of aryl methyl sites for hydroxylation is 1. The van der Waals surface area contributed by atoms with Crippen molar-refractivity contribution in [2.45, 2.75) is 38.0 Å². The topological polar surface area (TPSA) is 183 Å². The van der Waals surface area contributed by atoms with Gasteiger partial charge in [0.15, 0.2) is 11.9 Å². The fourth-order valence-electron chi connectivity index (χ4n) is 4.82. The van der Waals surface area contributed by atoms with E-state index < -0.39 is 31.1 Å². The van der Waals surface area contributed by atoms with E-state index in [-0.39, 0.29) is 19.1 Å². The summed E-state index contributed by atoms with van der Waals surface area (Å²) in [6.45, 7) is 5.02. The predicted molar refractivity (Wildman–Crippen MR) is 166 cm³/mol. The molecule has 4 rings (SSSR count). The molecule has 1 saturated heterocycles. The molecule has 3 aromatic rings. The Kier molecular flexibility index (Phi) is 14.1. The highest BCUT2D eigenvalue weighted by Gasteiger charge is 2.44. The molecule has 3 heterocycles. The van der Waals surface area contributed by atoms with Gasteiger partial charge in [-0.25, -0.2) is 14.6 Å². The number of amides is 1. The zero-order valence-electron chi connectivity index (χ0n) is 25.9. The second kappa shape index (κ2) is 18.4. The van der Waals surface area contributed by atoms with Crippen molar-refractivity contribution in [1.29, 1.82) is 0 Å². The van der Waals surface area contributed by atoms with Gasteiger partial charge in [0.25, 0.3) is 0 Å². The van der Waals surface area contributed by atoms with Gasteiger partial charge in [-0.15, -0.1) is 6.42 Å². The molecule has 0 saturated carbocycles. The highest BCUT2D eigenvalue weighted by atomic mass is 16.6. The Bertz CT molecular complexity index is 1400. The van der Waals surface area contributed by atoms with Gasteiger partial charge in [0, 0.05) is 13.1 Å². The number of hydrogen-bond donors (Lipinski definition) is 4. The monoisotopic (exact) mass is 642 g/mol. The van der Waals surface area contributed by atoms with Crippen molar-refractivity contribution in [3.05, 3.63) is 47.9 Å². The fourth-order valence-corrected chi connectivity index (χ4v) is 4.82. The van der Waals surface area contributed by atoms with E-state index in [9.17, 15) is 20.1 Å². The molecule has 1 amide bonds. The van der Waals surface area contributed by atoms with Crippen LogP contribution in [0, 0.1) is 19.3 Å². The van der Waals surface area contributed by atoms with Crippen LogP contribution in [0.25, 0.3) is 11.0 Å². The summed E-state index contributed by atoms with van der Waals surface area (Å²) in [5.41, 5.74) is 1.31. The smallest absolute Gasteiger partial charge is 0.239 e. The number of fused-ring (bicyclic) bond motifs is 1. The number of nitrogens with zero attached hydrogens (tertiary/aromatic N) is 5. The van der Waals surface area contributed by atoms with Crippen molar-refractivity contribution in [2.24, 2.45) is 0 Å². The molecule has 4 N–H and O–H groups in total. The van der Waals surface area contributed by atoms with Gasteiger partial charge in [0.05, 0.1) is 71.0 Å². The Morgan fingerprint density at radius 1 is 1.02 bits per heavy atom. The van der Waals surface area contributed by atoms with Gasteiger partial charge >= 0.3 is 0 Å². The minimum atomic E-state index is -1.33. The molecule has 2 aromatic heterocycles. The summed E-state index contributed by atoms with van der Waals surface area (Å²) in [6, 6.07) is 9.66. The van der Waals surface area contributed by atoms with E-state index in [4.69, 9.17) is 30.1 Å². The van der Waals surface area contributed by atoms with Crippen molar-refractivity contribution in [3.8, 4) is 12.3 Å². The van der Waals surface area contributed by atoms with Crippen molar-refractivity contribution >= 4 is 22.8 Å². The lowest BCUT2D eigenvalue weighted by molar-refractivity contribution is -0.120. The minimum absolute atomic E-state index is 0.0175. The van der Waals surface area contributed by atoms with Crippen LogP contribution in [0.3, 0.4) is 0 Å². The van der Waals surface area contributed by atoms with Crippen LogP contribution < -0.4 is 10.2 Å². The number of nitrogens with one attached hydrogen (secondary N) is 1. The number of hydrogen-bond acceptors (Lipinski definition) is 13. The standard InChI is InChI=1S/C31H42N6O9/c1-3-10-42-12-14-44-16-17-45-15-13-43-11-9-32-26(39)20-36(19-23-7-5-4-6-8-23)29-24-18-33-37(30(24)35-22(2)34-29)31-28(41)27(40)25(21-38)46-31/h1,4-8,18,25,27-28,31,38,40-41H,9-17,19-21H2,2H3,(H,32,39)/t25-,27-,28-,31?/m1/s1. The summed E-state index contributed by atoms with van der Waals surface area (Å²) in [5, 5.41) is 38.2. The lowest BCUT2D eigenvalue weighted by atomic mass is 10.1. The number of terminal acetylenes is 1. The third kappa shape index (κ3) is 9.89. The molecular formula is C31H42N6O9. The third-order valence-electron chi connectivity index (χ3n) is 7.02. The summed E-state index contributed by atoms with van der Waals surface area (Å²) in [6.07, 6.45) is 1.98. The maximum Gasteiger partial charge on any atom is 0.239 e. The van der Waals surface area contributed by atoms with Gasteiger partial charge in [-0.3, -0.25) is 4.79 Å². The molecule has 0 spiro atoms. The lowest BCUT2D eigenvalue weighted by Crippen LogP contribution is -2.39. The van der Waals surface area contributed by atoms with Gasteiger partial charge in [0.2, 0.25) is 5.91 Å². The quantitative estimate of drug-likeness (QED) is 0.0921. The van der Waals surface area contributed by atoms with Crippen LogP contribution >= 0.6 is 0 Å². The number of carbonyl (C=O) groups excluding carboxylic acids is 1. The first-order chi connectivity index (χ1) is 22.4. The van der Waals surface area contributed by atoms with Crippen LogP contribution in [0.5, 0.6) is 0 Å². The maximum atomic E-state index is 13.1. The number of aliphatic hydroxyl groups is 3. The second-order valence-electron chi connectivity index (χ2n) is 10.4. The predicted octanol–water partition coefficient (Wildman–Crippen LogP) is -0.431. The van der Waals surface area contributed by atoms with Crippen molar-refractivity contribution < 1.29 is 43.8 Å². The average molecular weight is 643 g/mol. The first-order valence-corrected chi connectivity index (χ1v) is 15.1. The average Bonchev–Trinajstić information content (AvgIpc) is 3.60. The molecule has 4 atom stereocenters. The second-order valence-corrected chi connectivity index (χ2v) is 10.4. The molecule has 0 bridgehead atoms. The van der Waals surface area contributed by atoms with Gasteiger partial charge in [-0.2, -0.15) is 5.10 Å². The largest absolute Gasteiger partial charge is 0.394 e. The zero-order valence-corrected chi connectivity index (χ0v) is 25.9. The van der Waals surface area contributed by atoms with E-state index >= 15 is 0 Å². The number of carbonyl (C=O) groups is 1. The molecule has 1 aliphatic rings. The summed E-state index contributed by atoms with van der Waals surface area (Å²) < 4.78 is 28.6. The highest BCUT2D eigenvalue weighted by Crippen LogP contribution is 2.33. The van der Waals surface area contributed by atoms with Gasteiger partial charge in [-0.05, 0) is 12.5 Å². The number of aromatic nitrogens is 4. The molecule has 1 aromatic carbocycles. The molecule has 250 valence electrons. The van der Waals surface area contributed by atoms with Gasteiger partial charge in [0.1, 0.15) is 36.6 Å². The number of aliphatic hydroxyl groups excluding tert-OH is 3. The van der Waals surface area contributed by atoms with Crippen LogP contribution in [0.15, 0.2) is 36.5 Å². The van der Waals surface area contributed by atoms with Crippen molar-refractivity contribution in [2.75, 3.05) is 77.5 Å². The molecule has 46 heavy (non-hydrogen) atoms.